The molecule has 1 saturated heterocycles. The van der Waals surface area contributed by atoms with Crippen LogP contribution in [-0.4, -0.2) is 63.2 Å². The van der Waals surface area contributed by atoms with E-state index in [1.165, 1.54) is 25.0 Å². The van der Waals surface area contributed by atoms with Gasteiger partial charge in [-0.2, -0.15) is 5.10 Å². The summed E-state index contributed by atoms with van der Waals surface area (Å²) < 4.78 is 19.6. The molecule has 5 rings (SSSR count). The van der Waals surface area contributed by atoms with Gasteiger partial charge in [0.1, 0.15) is 5.82 Å². The van der Waals surface area contributed by atoms with Gasteiger partial charge in [0.2, 0.25) is 5.91 Å². The Bertz CT molecular complexity index is 1070. The molecule has 1 aliphatic carbocycles. The van der Waals surface area contributed by atoms with Gasteiger partial charge in [-0.15, -0.1) is 0 Å². The second-order valence-electron chi connectivity index (χ2n) is 8.98. The summed E-state index contributed by atoms with van der Waals surface area (Å²) in [5, 5.41) is 7.23. The molecule has 1 atom stereocenters. The van der Waals surface area contributed by atoms with E-state index in [-0.39, 0.29) is 17.8 Å². The molecule has 3 heterocycles. The predicted molar refractivity (Wildman–Crippen MR) is 121 cm³/mol. The summed E-state index contributed by atoms with van der Waals surface area (Å²) in [5.74, 6) is 0.452. The number of carbonyl (C=O) groups excluding carboxylic acids is 1. The molecule has 0 radical (unpaired) electrons. The van der Waals surface area contributed by atoms with Crippen molar-refractivity contribution in [1.82, 2.24) is 25.0 Å². The number of rotatable bonds is 8. The van der Waals surface area contributed by atoms with E-state index in [2.05, 4.69) is 20.1 Å². The average molecular weight is 450 g/mol. The lowest BCUT2D eigenvalue weighted by atomic mass is 10.1. The standard InChI is InChI=1S/C25H28FN5O2/c26-22-7-5-20(6-8-22)25-21(11-28-29-25)13-30-14-23(33-17-18-3-4-18)15-31(24(32)16-30)12-19-2-1-9-27-10-19/h1-2,5-11,18,23H,3-4,12-17H2,(H,28,29)/t23-/m1/s1. The summed E-state index contributed by atoms with van der Waals surface area (Å²) in [6.45, 7) is 3.36. The number of carbonyl (C=O) groups is 1. The molecule has 33 heavy (non-hydrogen) atoms. The van der Waals surface area contributed by atoms with Crippen molar-refractivity contribution in [3.63, 3.8) is 0 Å². The molecule has 1 amide bonds. The number of amides is 1. The zero-order chi connectivity index (χ0) is 22.6. The van der Waals surface area contributed by atoms with Gasteiger partial charge < -0.3 is 9.64 Å². The molecular formula is C25H28FN5O2. The number of pyridine rings is 1. The van der Waals surface area contributed by atoms with Crippen molar-refractivity contribution >= 4 is 5.91 Å². The molecule has 2 aliphatic rings. The van der Waals surface area contributed by atoms with Crippen LogP contribution >= 0.6 is 0 Å². The lowest BCUT2D eigenvalue weighted by Crippen LogP contribution is -2.37. The Labute approximate surface area is 192 Å². The zero-order valence-corrected chi connectivity index (χ0v) is 18.5. The van der Waals surface area contributed by atoms with E-state index in [0.29, 0.717) is 38.6 Å². The quantitative estimate of drug-likeness (QED) is 0.572. The summed E-state index contributed by atoms with van der Waals surface area (Å²) >= 11 is 0. The van der Waals surface area contributed by atoms with Crippen LogP contribution in [0.3, 0.4) is 0 Å². The normalized spacial score (nSPS) is 19.6. The van der Waals surface area contributed by atoms with Crippen molar-refractivity contribution < 1.29 is 13.9 Å². The molecular weight excluding hydrogens is 421 g/mol. The summed E-state index contributed by atoms with van der Waals surface area (Å²) in [5.41, 5.74) is 3.68. The van der Waals surface area contributed by atoms with Gasteiger partial charge >= 0.3 is 0 Å². The number of hydrogen-bond donors (Lipinski definition) is 1. The van der Waals surface area contributed by atoms with Crippen molar-refractivity contribution in [2.24, 2.45) is 5.92 Å². The third-order valence-electron chi connectivity index (χ3n) is 6.20. The Kier molecular flexibility index (Phi) is 6.46. The molecule has 2 fully saturated rings. The van der Waals surface area contributed by atoms with Crippen LogP contribution < -0.4 is 0 Å². The van der Waals surface area contributed by atoms with Gasteiger partial charge in [0.15, 0.2) is 0 Å². The van der Waals surface area contributed by atoms with Crippen LogP contribution in [0.5, 0.6) is 0 Å². The molecule has 7 nitrogen and oxygen atoms in total. The number of ether oxygens (including phenoxy) is 1. The first kappa shape index (κ1) is 21.7. The van der Waals surface area contributed by atoms with Crippen LogP contribution in [0.15, 0.2) is 55.0 Å². The Morgan fingerprint density at radius 1 is 1.09 bits per heavy atom. The van der Waals surface area contributed by atoms with E-state index in [1.807, 2.05) is 17.0 Å². The van der Waals surface area contributed by atoms with Crippen LogP contribution in [-0.2, 0) is 22.6 Å². The highest BCUT2D eigenvalue weighted by atomic mass is 19.1. The first-order valence-electron chi connectivity index (χ1n) is 11.4. The Morgan fingerprint density at radius 2 is 1.94 bits per heavy atom. The Morgan fingerprint density at radius 3 is 2.70 bits per heavy atom. The highest BCUT2D eigenvalue weighted by Crippen LogP contribution is 2.30. The van der Waals surface area contributed by atoms with Crippen molar-refractivity contribution in [1.29, 1.82) is 0 Å². The van der Waals surface area contributed by atoms with Gasteiger partial charge in [0.05, 0.1) is 24.5 Å². The minimum absolute atomic E-state index is 0.0603. The number of nitrogens with one attached hydrogen (secondary N) is 1. The molecule has 1 N–H and O–H groups in total. The predicted octanol–water partition coefficient (Wildman–Crippen LogP) is 3.25. The number of hydrogen-bond acceptors (Lipinski definition) is 5. The maximum atomic E-state index is 13.4. The molecule has 0 bridgehead atoms. The van der Waals surface area contributed by atoms with E-state index in [4.69, 9.17) is 4.74 Å². The largest absolute Gasteiger partial charge is 0.375 e. The number of halogens is 1. The maximum Gasteiger partial charge on any atom is 0.237 e. The highest BCUT2D eigenvalue weighted by molar-refractivity contribution is 5.78. The van der Waals surface area contributed by atoms with Crippen molar-refractivity contribution in [2.45, 2.75) is 32.0 Å². The first-order chi connectivity index (χ1) is 16.1. The molecule has 0 unspecified atom stereocenters. The zero-order valence-electron chi connectivity index (χ0n) is 18.5. The van der Waals surface area contributed by atoms with Gasteiger partial charge in [-0.05, 0) is 54.7 Å². The summed E-state index contributed by atoms with van der Waals surface area (Å²) in [4.78, 5) is 21.4. The summed E-state index contributed by atoms with van der Waals surface area (Å²) in [7, 11) is 0. The Balaban J connectivity index is 1.32. The minimum atomic E-state index is -0.276. The lowest BCUT2D eigenvalue weighted by Gasteiger charge is -2.25. The van der Waals surface area contributed by atoms with E-state index in [0.717, 1.165) is 29.0 Å². The number of aromatic amines is 1. The molecule has 1 saturated carbocycles. The van der Waals surface area contributed by atoms with Gasteiger partial charge in [-0.25, -0.2) is 4.39 Å². The smallest absolute Gasteiger partial charge is 0.237 e. The fourth-order valence-electron chi connectivity index (χ4n) is 4.23. The number of nitrogens with zero attached hydrogens (tertiary/aromatic N) is 4. The lowest BCUT2D eigenvalue weighted by molar-refractivity contribution is -0.132. The van der Waals surface area contributed by atoms with E-state index in [9.17, 15) is 9.18 Å². The van der Waals surface area contributed by atoms with Crippen LogP contribution in [0.1, 0.15) is 24.0 Å². The number of H-pyrrole nitrogens is 1. The second-order valence-corrected chi connectivity index (χ2v) is 8.98. The summed E-state index contributed by atoms with van der Waals surface area (Å²) in [6.07, 6.45) is 7.71. The molecule has 3 aromatic rings. The number of benzene rings is 1. The van der Waals surface area contributed by atoms with Gasteiger partial charge in [-0.1, -0.05) is 6.07 Å². The van der Waals surface area contributed by atoms with Gasteiger partial charge in [-0.3, -0.25) is 19.8 Å². The molecule has 0 spiro atoms. The fraction of sp³-hybridized carbons (Fsp3) is 0.400. The van der Waals surface area contributed by atoms with E-state index < -0.39 is 0 Å². The molecule has 172 valence electrons. The monoisotopic (exact) mass is 449 g/mol. The molecule has 2 aromatic heterocycles. The fourth-order valence-corrected chi connectivity index (χ4v) is 4.23. The van der Waals surface area contributed by atoms with Crippen LogP contribution in [0, 0.1) is 11.7 Å². The van der Waals surface area contributed by atoms with Crippen molar-refractivity contribution in [2.75, 3.05) is 26.2 Å². The van der Waals surface area contributed by atoms with Gasteiger partial charge in [0.25, 0.3) is 0 Å². The van der Waals surface area contributed by atoms with Crippen molar-refractivity contribution in [3.05, 3.63) is 71.9 Å². The molecule has 8 heteroatoms. The SMILES string of the molecule is O=C1CN(Cc2cn[nH]c2-c2ccc(F)cc2)C[C@@H](OCC2CC2)CN1Cc1cccnc1. The molecule has 1 aromatic carbocycles. The first-order valence-corrected chi connectivity index (χ1v) is 11.4. The maximum absolute atomic E-state index is 13.4. The second kappa shape index (κ2) is 9.80. The van der Waals surface area contributed by atoms with E-state index in [1.54, 1.807) is 30.7 Å². The third-order valence-corrected chi connectivity index (χ3v) is 6.20. The van der Waals surface area contributed by atoms with E-state index >= 15 is 0 Å². The van der Waals surface area contributed by atoms with Crippen LogP contribution in [0.25, 0.3) is 11.3 Å². The minimum Gasteiger partial charge on any atom is -0.375 e. The highest BCUT2D eigenvalue weighted by Gasteiger charge is 2.31. The van der Waals surface area contributed by atoms with Gasteiger partial charge in [0, 0.05) is 56.3 Å². The Hall–Kier alpha value is -3.10. The summed E-state index contributed by atoms with van der Waals surface area (Å²) in [6, 6.07) is 10.2. The number of aromatic nitrogens is 3. The average Bonchev–Trinajstić information content (AvgIpc) is 3.56. The third kappa shape index (κ3) is 5.64. The topological polar surface area (TPSA) is 74.3 Å². The van der Waals surface area contributed by atoms with Crippen LogP contribution in [0.2, 0.25) is 0 Å². The molecule has 1 aliphatic heterocycles. The van der Waals surface area contributed by atoms with Crippen molar-refractivity contribution in [3.8, 4) is 11.3 Å². The van der Waals surface area contributed by atoms with Crippen LogP contribution in [0.4, 0.5) is 4.39 Å².